The maximum absolute atomic E-state index is 13.1. The monoisotopic (exact) mass is 462 g/mol. The first-order chi connectivity index (χ1) is 15.6. The van der Waals surface area contributed by atoms with E-state index < -0.39 is 0 Å². The summed E-state index contributed by atoms with van der Waals surface area (Å²) < 4.78 is 26.3. The highest BCUT2D eigenvalue weighted by molar-refractivity contribution is 7.14. The predicted octanol–water partition coefficient (Wildman–Crippen LogP) is 7.70. The molecular weight excluding hydrogens is 446 g/mol. The van der Waals surface area contributed by atoms with Crippen molar-refractivity contribution in [2.75, 3.05) is 10.6 Å². The molecule has 5 rings (SSSR count). The second-order valence-electron chi connectivity index (χ2n) is 6.92. The quantitative estimate of drug-likeness (QED) is 0.271. The molecule has 0 radical (unpaired) electrons. The van der Waals surface area contributed by atoms with Gasteiger partial charge in [-0.2, -0.15) is 0 Å². The summed E-state index contributed by atoms with van der Waals surface area (Å²) in [6, 6.07) is 20.4. The molecule has 0 saturated carbocycles. The molecule has 2 heterocycles. The summed E-state index contributed by atoms with van der Waals surface area (Å²) in [6.45, 7) is 0. The molecule has 2 aromatic heterocycles. The largest absolute Gasteiger partial charge is 0.331 e. The van der Waals surface area contributed by atoms with Crippen LogP contribution < -0.4 is 10.6 Å². The third-order valence-electron chi connectivity index (χ3n) is 4.65. The summed E-state index contributed by atoms with van der Waals surface area (Å²) in [5, 5.41) is 12.0. The Morgan fingerprint density at radius 2 is 1.03 bits per heavy atom. The van der Waals surface area contributed by atoms with Crippen LogP contribution >= 0.6 is 22.7 Å². The normalized spacial score (nSPS) is 10.8. The number of anilines is 4. The fraction of sp³-hybridized carbons (Fsp3) is 0. The van der Waals surface area contributed by atoms with Gasteiger partial charge >= 0.3 is 0 Å². The third kappa shape index (κ3) is 4.66. The molecule has 0 amide bonds. The van der Waals surface area contributed by atoms with E-state index in [0.717, 1.165) is 44.2 Å². The summed E-state index contributed by atoms with van der Waals surface area (Å²) >= 11 is 2.96. The zero-order valence-corrected chi connectivity index (χ0v) is 18.2. The van der Waals surface area contributed by atoms with Crippen LogP contribution in [0.4, 0.5) is 30.4 Å². The van der Waals surface area contributed by atoms with Gasteiger partial charge in [0.15, 0.2) is 10.3 Å². The molecule has 3 aromatic carbocycles. The molecule has 0 saturated heterocycles. The highest BCUT2D eigenvalue weighted by Gasteiger charge is 2.08. The molecule has 0 aliphatic rings. The molecule has 158 valence electrons. The van der Waals surface area contributed by atoms with Crippen LogP contribution in [-0.2, 0) is 0 Å². The number of hydrogen-bond donors (Lipinski definition) is 2. The van der Waals surface area contributed by atoms with Crippen molar-refractivity contribution >= 4 is 44.3 Å². The number of thiazole rings is 2. The van der Waals surface area contributed by atoms with Crippen LogP contribution in [0.3, 0.4) is 0 Å². The number of nitrogens with one attached hydrogen (secondary N) is 2. The lowest BCUT2D eigenvalue weighted by Crippen LogP contribution is -1.93. The van der Waals surface area contributed by atoms with Crippen molar-refractivity contribution in [3.05, 3.63) is 95.2 Å². The van der Waals surface area contributed by atoms with Crippen LogP contribution in [0.5, 0.6) is 0 Å². The van der Waals surface area contributed by atoms with Gasteiger partial charge in [-0.05, 0) is 66.7 Å². The van der Waals surface area contributed by atoms with Gasteiger partial charge in [0.05, 0.1) is 11.4 Å². The molecule has 0 bridgehead atoms. The van der Waals surface area contributed by atoms with Gasteiger partial charge in [0.25, 0.3) is 0 Å². The fourth-order valence-electron chi connectivity index (χ4n) is 3.09. The lowest BCUT2D eigenvalue weighted by molar-refractivity contribution is 0.627. The standard InChI is InChI=1S/C24H16F2N4S2/c25-17-8-4-15(5-9-17)21-13-31-23(29-21)27-19-2-1-3-20(12-19)28-24-30-22(14-32-24)16-6-10-18(26)11-7-16/h1-14H,(H,27,29)(H,28,30). The van der Waals surface area contributed by atoms with Gasteiger partial charge in [-0.3, -0.25) is 0 Å². The average molecular weight is 463 g/mol. The number of rotatable bonds is 6. The third-order valence-corrected chi connectivity index (χ3v) is 6.17. The van der Waals surface area contributed by atoms with E-state index in [1.54, 1.807) is 24.3 Å². The van der Waals surface area contributed by atoms with Crippen molar-refractivity contribution in [2.24, 2.45) is 0 Å². The zero-order valence-electron chi connectivity index (χ0n) is 16.5. The van der Waals surface area contributed by atoms with Gasteiger partial charge in [-0.1, -0.05) is 6.07 Å². The number of nitrogens with zero attached hydrogens (tertiary/aromatic N) is 2. The number of benzene rings is 3. The average Bonchev–Trinajstić information content (AvgIpc) is 3.45. The Hall–Kier alpha value is -3.62. The minimum Gasteiger partial charge on any atom is -0.331 e. The van der Waals surface area contributed by atoms with E-state index in [-0.39, 0.29) is 11.6 Å². The summed E-state index contributed by atoms with van der Waals surface area (Å²) in [4.78, 5) is 9.18. The molecule has 32 heavy (non-hydrogen) atoms. The van der Waals surface area contributed by atoms with E-state index in [2.05, 4.69) is 20.6 Å². The number of hydrogen-bond acceptors (Lipinski definition) is 6. The molecule has 0 spiro atoms. The predicted molar refractivity (Wildman–Crippen MR) is 128 cm³/mol. The lowest BCUT2D eigenvalue weighted by atomic mass is 10.2. The Balaban J connectivity index is 1.28. The SMILES string of the molecule is Fc1ccc(-c2csc(Nc3cccc(Nc4nc(-c5ccc(F)cc5)cs4)c3)n2)cc1. The summed E-state index contributed by atoms with van der Waals surface area (Å²) in [5.74, 6) is -0.534. The second-order valence-corrected chi connectivity index (χ2v) is 8.64. The van der Waals surface area contributed by atoms with Crippen molar-refractivity contribution in [1.82, 2.24) is 9.97 Å². The highest BCUT2D eigenvalue weighted by atomic mass is 32.1. The molecule has 0 aliphatic carbocycles. The van der Waals surface area contributed by atoms with Gasteiger partial charge in [0.2, 0.25) is 0 Å². The van der Waals surface area contributed by atoms with E-state index in [0.29, 0.717) is 0 Å². The maximum atomic E-state index is 13.1. The van der Waals surface area contributed by atoms with Gasteiger partial charge in [0, 0.05) is 33.3 Å². The minimum absolute atomic E-state index is 0.267. The smallest absolute Gasteiger partial charge is 0.187 e. The number of aromatic nitrogens is 2. The Kier molecular flexibility index (Phi) is 5.62. The first kappa shape index (κ1) is 20.3. The Bertz CT molecular complexity index is 1240. The molecule has 0 aliphatic heterocycles. The summed E-state index contributed by atoms with van der Waals surface area (Å²) in [7, 11) is 0. The second kappa shape index (κ2) is 8.86. The van der Waals surface area contributed by atoms with Crippen molar-refractivity contribution in [3.63, 3.8) is 0 Å². The molecule has 0 fully saturated rings. The van der Waals surface area contributed by atoms with Crippen LogP contribution in [0.2, 0.25) is 0 Å². The van der Waals surface area contributed by atoms with Gasteiger partial charge in [-0.25, -0.2) is 18.7 Å². The fourth-order valence-corrected chi connectivity index (χ4v) is 4.57. The van der Waals surface area contributed by atoms with Crippen LogP contribution in [0.25, 0.3) is 22.5 Å². The van der Waals surface area contributed by atoms with Crippen molar-refractivity contribution in [3.8, 4) is 22.5 Å². The Labute approximate surface area is 191 Å². The first-order valence-corrected chi connectivity index (χ1v) is 11.5. The summed E-state index contributed by atoms with van der Waals surface area (Å²) in [5.41, 5.74) is 5.08. The van der Waals surface area contributed by atoms with Crippen molar-refractivity contribution in [1.29, 1.82) is 0 Å². The Morgan fingerprint density at radius 1 is 0.594 bits per heavy atom. The summed E-state index contributed by atoms with van der Waals surface area (Å²) in [6.07, 6.45) is 0. The Morgan fingerprint density at radius 3 is 1.47 bits per heavy atom. The highest BCUT2D eigenvalue weighted by Crippen LogP contribution is 2.30. The van der Waals surface area contributed by atoms with Gasteiger partial charge < -0.3 is 10.6 Å². The lowest BCUT2D eigenvalue weighted by Gasteiger charge is -2.07. The van der Waals surface area contributed by atoms with E-state index in [4.69, 9.17) is 0 Å². The van der Waals surface area contributed by atoms with Crippen molar-refractivity contribution in [2.45, 2.75) is 0 Å². The molecular formula is C24H16F2N4S2. The first-order valence-electron chi connectivity index (χ1n) is 9.69. The minimum atomic E-state index is -0.267. The van der Waals surface area contributed by atoms with Crippen molar-refractivity contribution < 1.29 is 8.78 Å². The van der Waals surface area contributed by atoms with E-state index in [9.17, 15) is 8.78 Å². The van der Waals surface area contributed by atoms with Crippen LogP contribution in [0.1, 0.15) is 0 Å². The molecule has 8 heteroatoms. The topological polar surface area (TPSA) is 49.8 Å². The van der Waals surface area contributed by atoms with E-state index in [1.165, 1.54) is 46.9 Å². The van der Waals surface area contributed by atoms with Gasteiger partial charge in [-0.15, -0.1) is 22.7 Å². The zero-order chi connectivity index (χ0) is 21.9. The van der Waals surface area contributed by atoms with E-state index in [1.807, 2.05) is 35.0 Å². The molecule has 0 unspecified atom stereocenters. The molecule has 5 aromatic rings. The number of halogens is 2. The van der Waals surface area contributed by atoms with Gasteiger partial charge in [0.1, 0.15) is 11.6 Å². The van der Waals surface area contributed by atoms with Crippen LogP contribution in [-0.4, -0.2) is 9.97 Å². The molecule has 0 atom stereocenters. The van der Waals surface area contributed by atoms with Crippen LogP contribution in [0.15, 0.2) is 83.6 Å². The molecule has 2 N–H and O–H groups in total. The maximum Gasteiger partial charge on any atom is 0.187 e. The molecule has 4 nitrogen and oxygen atoms in total. The van der Waals surface area contributed by atoms with E-state index >= 15 is 0 Å². The van der Waals surface area contributed by atoms with Crippen LogP contribution in [0, 0.1) is 11.6 Å².